The Morgan fingerprint density at radius 3 is 2.18 bits per heavy atom. The van der Waals surface area contributed by atoms with Crippen molar-refractivity contribution in [1.82, 2.24) is 5.32 Å². The molecule has 96 valence electrons. The molecule has 1 rings (SSSR count). The molecule has 0 unspecified atom stereocenters. The SMILES string of the molecule is FC(F)(F)CNCc1cccc(C(F)(F)F)c1. The topological polar surface area (TPSA) is 12.0 Å². The van der Waals surface area contributed by atoms with Gasteiger partial charge >= 0.3 is 12.4 Å². The van der Waals surface area contributed by atoms with Gasteiger partial charge in [0.1, 0.15) is 0 Å². The van der Waals surface area contributed by atoms with Gasteiger partial charge in [-0.15, -0.1) is 0 Å². The Bertz CT molecular complexity index is 368. The van der Waals surface area contributed by atoms with E-state index in [4.69, 9.17) is 0 Å². The Balaban J connectivity index is 2.61. The third-order valence-corrected chi connectivity index (χ3v) is 1.91. The lowest BCUT2D eigenvalue weighted by Crippen LogP contribution is -2.28. The molecule has 0 atom stereocenters. The summed E-state index contributed by atoms with van der Waals surface area (Å²) in [6.45, 7) is -1.49. The maximum Gasteiger partial charge on any atom is 0.416 e. The number of alkyl halides is 6. The third kappa shape index (κ3) is 5.08. The first-order valence-electron chi connectivity index (χ1n) is 4.62. The summed E-state index contributed by atoms with van der Waals surface area (Å²) < 4.78 is 72.2. The number of halogens is 6. The lowest BCUT2D eigenvalue weighted by Gasteiger charge is -2.10. The molecule has 1 nitrogen and oxygen atoms in total. The van der Waals surface area contributed by atoms with Crippen molar-refractivity contribution in [3.05, 3.63) is 35.4 Å². The van der Waals surface area contributed by atoms with Gasteiger partial charge in [-0.25, -0.2) is 0 Å². The molecule has 0 aromatic heterocycles. The fourth-order valence-electron chi connectivity index (χ4n) is 1.21. The zero-order chi connectivity index (χ0) is 13.1. The van der Waals surface area contributed by atoms with Gasteiger partial charge < -0.3 is 5.32 Å². The minimum atomic E-state index is -4.49. The van der Waals surface area contributed by atoms with E-state index in [1.165, 1.54) is 6.07 Å². The zero-order valence-electron chi connectivity index (χ0n) is 8.49. The summed E-state index contributed by atoms with van der Waals surface area (Å²) in [7, 11) is 0. The van der Waals surface area contributed by atoms with E-state index in [1.807, 2.05) is 5.32 Å². The van der Waals surface area contributed by atoms with Crippen molar-refractivity contribution >= 4 is 0 Å². The molecule has 7 heteroatoms. The Hall–Kier alpha value is -1.24. The molecule has 1 N–H and O–H groups in total. The normalized spacial score (nSPS) is 12.8. The molecule has 0 aliphatic rings. The van der Waals surface area contributed by atoms with Gasteiger partial charge in [-0.2, -0.15) is 26.3 Å². The van der Waals surface area contributed by atoms with Crippen molar-refractivity contribution in [3.8, 4) is 0 Å². The van der Waals surface area contributed by atoms with Gasteiger partial charge in [0, 0.05) is 6.54 Å². The van der Waals surface area contributed by atoms with Crippen LogP contribution < -0.4 is 5.32 Å². The Labute approximate surface area is 93.4 Å². The predicted octanol–water partition coefficient (Wildman–Crippen LogP) is 3.36. The Kier molecular flexibility index (Phi) is 4.03. The van der Waals surface area contributed by atoms with E-state index in [1.54, 1.807) is 0 Å². The molecular formula is C10H9F6N. The van der Waals surface area contributed by atoms with Crippen LogP contribution in [0.2, 0.25) is 0 Å². The molecule has 0 amide bonds. The number of nitrogens with one attached hydrogen (secondary N) is 1. The fraction of sp³-hybridized carbons (Fsp3) is 0.400. The first-order valence-corrected chi connectivity index (χ1v) is 4.62. The van der Waals surface area contributed by atoms with E-state index in [2.05, 4.69) is 0 Å². The van der Waals surface area contributed by atoms with Crippen molar-refractivity contribution < 1.29 is 26.3 Å². The average molecular weight is 257 g/mol. The van der Waals surface area contributed by atoms with Crippen LogP contribution in [0.3, 0.4) is 0 Å². The molecule has 0 bridgehead atoms. The van der Waals surface area contributed by atoms with E-state index in [-0.39, 0.29) is 12.1 Å². The molecule has 0 saturated heterocycles. The highest BCUT2D eigenvalue weighted by atomic mass is 19.4. The largest absolute Gasteiger partial charge is 0.416 e. The summed E-state index contributed by atoms with van der Waals surface area (Å²) in [5.41, 5.74) is -0.715. The Morgan fingerprint density at radius 1 is 1.00 bits per heavy atom. The minimum Gasteiger partial charge on any atom is -0.305 e. The van der Waals surface area contributed by atoms with Crippen LogP contribution in [-0.2, 0) is 12.7 Å². The molecule has 0 heterocycles. The smallest absolute Gasteiger partial charge is 0.305 e. The van der Waals surface area contributed by atoms with Crippen LogP contribution in [0.25, 0.3) is 0 Å². The van der Waals surface area contributed by atoms with Crippen molar-refractivity contribution in [2.75, 3.05) is 6.54 Å². The first kappa shape index (κ1) is 13.8. The van der Waals surface area contributed by atoms with Gasteiger partial charge in [-0.3, -0.25) is 0 Å². The van der Waals surface area contributed by atoms with E-state index in [0.717, 1.165) is 18.2 Å². The van der Waals surface area contributed by atoms with Crippen LogP contribution in [0.1, 0.15) is 11.1 Å². The maximum absolute atomic E-state index is 12.3. The average Bonchev–Trinajstić information content (AvgIpc) is 2.15. The summed E-state index contributed by atoms with van der Waals surface area (Å²) in [6, 6.07) is 4.18. The third-order valence-electron chi connectivity index (χ3n) is 1.91. The second kappa shape index (κ2) is 4.95. The molecule has 0 radical (unpaired) electrons. The maximum atomic E-state index is 12.3. The van der Waals surface area contributed by atoms with Gasteiger partial charge in [0.15, 0.2) is 0 Å². The van der Waals surface area contributed by atoms with Gasteiger partial charge in [-0.05, 0) is 11.6 Å². The van der Waals surface area contributed by atoms with Crippen LogP contribution in [0.5, 0.6) is 0 Å². The summed E-state index contributed by atoms with van der Waals surface area (Å²) in [5.74, 6) is 0. The molecule has 1 aromatic carbocycles. The highest BCUT2D eigenvalue weighted by Gasteiger charge is 2.30. The number of hydrogen-bond acceptors (Lipinski definition) is 1. The standard InChI is InChI=1S/C10H9F6N/c11-9(12,13)6-17-5-7-2-1-3-8(4-7)10(14,15)16/h1-4,17H,5-6H2. The lowest BCUT2D eigenvalue weighted by atomic mass is 10.1. The molecule has 1 aromatic rings. The summed E-state index contributed by atoms with van der Waals surface area (Å²) >= 11 is 0. The van der Waals surface area contributed by atoms with Crippen LogP contribution in [-0.4, -0.2) is 12.7 Å². The van der Waals surface area contributed by atoms with Crippen molar-refractivity contribution in [2.24, 2.45) is 0 Å². The van der Waals surface area contributed by atoms with E-state index >= 15 is 0 Å². The fourth-order valence-corrected chi connectivity index (χ4v) is 1.21. The van der Waals surface area contributed by atoms with E-state index in [0.29, 0.717) is 0 Å². The number of benzene rings is 1. The minimum absolute atomic E-state index is 0.157. The van der Waals surface area contributed by atoms with Gasteiger partial charge in [0.25, 0.3) is 0 Å². The van der Waals surface area contributed by atoms with Gasteiger partial charge in [0.2, 0.25) is 0 Å². The molecule has 0 aliphatic heterocycles. The van der Waals surface area contributed by atoms with E-state index in [9.17, 15) is 26.3 Å². The van der Waals surface area contributed by atoms with Crippen LogP contribution in [0, 0.1) is 0 Å². The Morgan fingerprint density at radius 2 is 1.65 bits per heavy atom. The van der Waals surface area contributed by atoms with Crippen molar-refractivity contribution in [1.29, 1.82) is 0 Å². The van der Waals surface area contributed by atoms with Crippen LogP contribution >= 0.6 is 0 Å². The van der Waals surface area contributed by atoms with Crippen molar-refractivity contribution in [2.45, 2.75) is 18.9 Å². The van der Waals surface area contributed by atoms with Crippen LogP contribution in [0.15, 0.2) is 24.3 Å². The quantitative estimate of drug-likeness (QED) is 0.819. The van der Waals surface area contributed by atoms with Crippen molar-refractivity contribution in [3.63, 3.8) is 0 Å². The second-order valence-electron chi connectivity index (χ2n) is 3.42. The summed E-state index contributed by atoms with van der Waals surface area (Å²) in [6.07, 6.45) is -8.86. The van der Waals surface area contributed by atoms with Gasteiger partial charge in [-0.1, -0.05) is 18.2 Å². The summed E-state index contributed by atoms with van der Waals surface area (Å²) in [5, 5.41) is 2.03. The number of rotatable bonds is 3. The molecule has 0 saturated carbocycles. The zero-order valence-corrected chi connectivity index (χ0v) is 8.49. The van der Waals surface area contributed by atoms with E-state index < -0.39 is 24.5 Å². The lowest BCUT2D eigenvalue weighted by molar-refractivity contribution is -0.137. The highest BCUT2D eigenvalue weighted by Crippen LogP contribution is 2.29. The highest BCUT2D eigenvalue weighted by molar-refractivity contribution is 5.25. The molecule has 0 spiro atoms. The predicted molar refractivity (Wildman–Crippen MR) is 49.2 cm³/mol. The second-order valence-corrected chi connectivity index (χ2v) is 3.42. The van der Waals surface area contributed by atoms with Crippen LogP contribution in [0.4, 0.5) is 26.3 Å². The monoisotopic (exact) mass is 257 g/mol. The van der Waals surface area contributed by atoms with Gasteiger partial charge in [0.05, 0.1) is 12.1 Å². The molecule has 0 aliphatic carbocycles. The first-order chi connectivity index (χ1) is 7.68. The molecular weight excluding hydrogens is 248 g/mol. The molecule has 0 fully saturated rings. The molecule has 17 heavy (non-hydrogen) atoms. The summed E-state index contributed by atoms with van der Waals surface area (Å²) in [4.78, 5) is 0. The number of hydrogen-bond donors (Lipinski definition) is 1.